The molecular formula is C10H12N2O2. The summed E-state index contributed by atoms with van der Waals surface area (Å²) >= 11 is 0. The van der Waals surface area contributed by atoms with Crippen molar-refractivity contribution in [1.29, 1.82) is 0 Å². The Morgan fingerprint density at radius 2 is 1.93 bits per heavy atom. The molecule has 0 aromatic rings. The molecule has 2 aliphatic rings. The minimum absolute atomic E-state index is 0.227. The molecule has 0 fully saturated rings. The first-order valence-corrected chi connectivity index (χ1v) is 4.33. The maximum atomic E-state index is 10.0. The lowest BCUT2D eigenvalue weighted by molar-refractivity contribution is -0.129. The Morgan fingerprint density at radius 1 is 1.29 bits per heavy atom. The van der Waals surface area contributed by atoms with E-state index in [9.17, 15) is 4.79 Å². The predicted molar refractivity (Wildman–Crippen MR) is 55.7 cm³/mol. The van der Waals surface area contributed by atoms with E-state index >= 15 is 0 Å². The summed E-state index contributed by atoms with van der Waals surface area (Å²) in [5.74, 6) is -0.921. The second kappa shape index (κ2) is 5.11. The lowest BCUT2D eigenvalue weighted by atomic mass is 10.3. The Kier molecular flexibility index (Phi) is 3.79. The number of rotatable bonds is 1. The summed E-state index contributed by atoms with van der Waals surface area (Å²) in [5, 5.41) is 8.24. The van der Waals surface area contributed by atoms with Gasteiger partial charge in [-0.25, -0.2) is 4.79 Å². The molecule has 74 valence electrons. The quantitative estimate of drug-likeness (QED) is 0.688. The summed E-state index contributed by atoms with van der Waals surface area (Å²) in [4.78, 5) is 17.6. The molecule has 0 saturated heterocycles. The molecule has 0 bridgehead atoms. The molecule has 0 spiro atoms. The number of nitrogens with zero attached hydrogens (tertiary/aromatic N) is 2. The van der Waals surface area contributed by atoms with Gasteiger partial charge in [-0.05, 0) is 6.92 Å². The molecule has 0 saturated carbocycles. The fraction of sp³-hybridized carbons (Fsp3) is 0.300. The number of aliphatic carboxylic acids is 1. The topological polar surface area (TPSA) is 62.0 Å². The van der Waals surface area contributed by atoms with E-state index in [1.807, 2.05) is 13.1 Å². The molecule has 4 heteroatoms. The van der Waals surface area contributed by atoms with E-state index in [2.05, 4.69) is 16.1 Å². The molecule has 0 unspecified atom stereocenters. The zero-order valence-corrected chi connectivity index (χ0v) is 7.97. The number of aliphatic imine (C=N–C) groups is 2. The van der Waals surface area contributed by atoms with Crippen LogP contribution in [-0.4, -0.2) is 22.5 Å². The van der Waals surface area contributed by atoms with Crippen molar-refractivity contribution in [3.05, 3.63) is 24.6 Å². The fourth-order valence-corrected chi connectivity index (χ4v) is 0.958. The van der Waals surface area contributed by atoms with E-state index < -0.39 is 5.97 Å². The van der Waals surface area contributed by atoms with Gasteiger partial charge < -0.3 is 5.11 Å². The lowest BCUT2D eigenvalue weighted by Crippen LogP contribution is -2.08. The first-order chi connectivity index (χ1) is 6.70. The van der Waals surface area contributed by atoms with Crippen LogP contribution in [0, 0.1) is 0 Å². The van der Waals surface area contributed by atoms with Crippen LogP contribution in [0.1, 0.15) is 19.8 Å². The molecule has 0 aliphatic carbocycles. The number of carboxylic acid groups (broad SMARTS) is 1. The van der Waals surface area contributed by atoms with E-state index in [1.54, 1.807) is 6.08 Å². The maximum absolute atomic E-state index is 10.0. The molecule has 1 N–H and O–H groups in total. The van der Waals surface area contributed by atoms with Gasteiger partial charge in [0.25, 0.3) is 0 Å². The number of carboxylic acids is 1. The van der Waals surface area contributed by atoms with E-state index in [0.717, 1.165) is 6.42 Å². The van der Waals surface area contributed by atoms with Gasteiger partial charge in [-0.2, -0.15) is 0 Å². The highest BCUT2D eigenvalue weighted by molar-refractivity contribution is 6.36. The van der Waals surface area contributed by atoms with Crippen LogP contribution in [0.4, 0.5) is 0 Å². The third kappa shape index (κ3) is 3.35. The highest BCUT2D eigenvalue weighted by Gasteiger charge is 2.08. The molecule has 4 nitrogen and oxygen atoms in total. The number of hydrogen-bond acceptors (Lipinski definition) is 3. The van der Waals surface area contributed by atoms with Crippen molar-refractivity contribution in [1.82, 2.24) is 0 Å². The van der Waals surface area contributed by atoms with Crippen LogP contribution < -0.4 is 0 Å². The number of hydrogen-bond donors (Lipinski definition) is 1. The van der Waals surface area contributed by atoms with Crippen molar-refractivity contribution in [3.8, 4) is 0 Å². The second-order valence-electron chi connectivity index (χ2n) is 2.92. The van der Waals surface area contributed by atoms with Gasteiger partial charge in [0.15, 0.2) is 0 Å². The van der Waals surface area contributed by atoms with Crippen molar-refractivity contribution in [2.24, 2.45) is 9.98 Å². The van der Waals surface area contributed by atoms with Crippen LogP contribution in [0.15, 0.2) is 34.5 Å². The number of carbonyl (C=O) groups is 1. The minimum atomic E-state index is -0.921. The first kappa shape index (κ1) is 10.4. The molecule has 14 heavy (non-hydrogen) atoms. The van der Waals surface area contributed by atoms with Crippen molar-refractivity contribution < 1.29 is 9.90 Å². The summed E-state index contributed by atoms with van der Waals surface area (Å²) in [6, 6.07) is 0. The molecule has 0 atom stereocenters. The highest BCUT2D eigenvalue weighted by atomic mass is 16.4. The van der Waals surface area contributed by atoms with Crippen molar-refractivity contribution in [2.75, 3.05) is 0 Å². The summed E-state index contributed by atoms with van der Waals surface area (Å²) in [6.07, 6.45) is 8.63. The van der Waals surface area contributed by atoms with Crippen LogP contribution in [0.25, 0.3) is 0 Å². The largest absolute Gasteiger partial charge is 0.477 e. The minimum Gasteiger partial charge on any atom is -0.477 e. The Labute approximate surface area is 82.4 Å². The average molecular weight is 192 g/mol. The van der Waals surface area contributed by atoms with Crippen LogP contribution >= 0.6 is 0 Å². The van der Waals surface area contributed by atoms with Crippen LogP contribution in [0.2, 0.25) is 0 Å². The van der Waals surface area contributed by atoms with Gasteiger partial charge >= 0.3 is 5.97 Å². The van der Waals surface area contributed by atoms with Crippen LogP contribution in [0.3, 0.4) is 0 Å². The zero-order valence-electron chi connectivity index (χ0n) is 7.97. The Balaban J connectivity index is 0.000000146. The summed E-state index contributed by atoms with van der Waals surface area (Å²) in [6.45, 7) is 2.03. The third-order valence-corrected chi connectivity index (χ3v) is 1.71. The molecule has 0 amide bonds. The van der Waals surface area contributed by atoms with Gasteiger partial charge in [0.1, 0.15) is 5.71 Å². The van der Waals surface area contributed by atoms with E-state index in [1.165, 1.54) is 11.9 Å². The van der Waals surface area contributed by atoms with Crippen LogP contribution in [-0.2, 0) is 4.79 Å². The van der Waals surface area contributed by atoms with Crippen LogP contribution in [0.5, 0.6) is 0 Å². The van der Waals surface area contributed by atoms with Gasteiger partial charge in [0, 0.05) is 31.0 Å². The zero-order chi connectivity index (χ0) is 10.4. The Bertz CT molecular complexity index is 338. The van der Waals surface area contributed by atoms with Gasteiger partial charge in [0.05, 0.1) is 0 Å². The van der Waals surface area contributed by atoms with E-state index in [4.69, 9.17) is 5.11 Å². The standard InChI is InChI=1S/C5H5NO2.C5H7N/c7-5(8)4-2-1-3-6-4;1-5-3-2-4-6-5/h1,3H,2H2,(H,7,8);2,4H,3H2,1H3. The lowest BCUT2D eigenvalue weighted by Gasteiger charge is -1.84. The fourth-order valence-electron chi connectivity index (χ4n) is 0.958. The number of allylic oxidation sites excluding steroid dienone is 2. The highest BCUT2D eigenvalue weighted by Crippen LogP contribution is 1.98. The molecule has 0 aromatic heterocycles. The Hall–Kier alpha value is -1.71. The van der Waals surface area contributed by atoms with Gasteiger partial charge in [0.2, 0.25) is 0 Å². The molecule has 0 aromatic carbocycles. The first-order valence-electron chi connectivity index (χ1n) is 4.33. The summed E-state index contributed by atoms with van der Waals surface area (Å²) in [7, 11) is 0. The molecule has 2 aliphatic heterocycles. The SMILES string of the molecule is CC1=NC=CC1.O=C(O)C1=NC=CC1. The van der Waals surface area contributed by atoms with Crippen molar-refractivity contribution in [3.63, 3.8) is 0 Å². The predicted octanol–water partition coefficient (Wildman–Crippen LogP) is 1.79. The van der Waals surface area contributed by atoms with Crippen molar-refractivity contribution >= 4 is 17.4 Å². The van der Waals surface area contributed by atoms with E-state index in [-0.39, 0.29) is 5.71 Å². The monoisotopic (exact) mass is 192 g/mol. The van der Waals surface area contributed by atoms with Gasteiger partial charge in [-0.3, -0.25) is 9.98 Å². The van der Waals surface area contributed by atoms with Crippen molar-refractivity contribution in [2.45, 2.75) is 19.8 Å². The summed E-state index contributed by atoms with van der Waals surface area (Å²) in [5.41, 5.74) is 1.44. The normalized spacial score (nSPS) is 17.2. The molecule has 2 heterocycles. The Morgan fingerprint density at radius 3 is 2.14 bits per heavy atom. The third-order valence-electron chi connectivity index (χ3n) is 1.71. The van der Waals surface area contributed by atoms with Gasteiger partial charge in [-0.15, -0.1) is 0 Å². The summed E-state index contributed by atoms with van der Waals surface area (Å²) < 4.78 is 0. The molecular weight excluding hydrogens is 180 g/mol. The second-order valence-corrected chi connectivity index (χ2v) is 2.92. The van der Waals surface area contributed by atoms with E-state index in [0.29, 0.717) is 6.42 Å². The molecule has 0 radical (unpaired) electrons. The van der Waals surface area contributed by atoms with Gasteiger partial charge in [-0.1, -0.05) is 12.2 Å². The average Bonchev–Trinajstić information content (AvgIpc) is 2.75. The maximum Gasteiger partial charge on any atom is 0.350 e. The smallest absolute Gasteiger partial charge is 0.350 e. The molecule has 2 rings (SSSR count).